The van der Waals surface area contributed by atoms with Gasteiger partial charge in [-0.05, 0) is 42.5 Å². The molecule has 0 aliphatic carbocycles. The predicted octanol–water partition coefficient (Wildman–Crippen LogP) is 5.50. The van der Waals surface area contributed by atoms with E-state index in [1.165, 1.54) is 16.5 Å². The molecule has 0 aliphatic heterocycles. The van der Waals surface area contributed by atoms with E-state index < -0.39 is 0 Å². The number of hydrogen-bond acceptors (Lipinski definition) is 3. The van der Waals surface area contributed by atoms with Crippen molar-refractivity contribution in [3.05, 3.63) is 107 Å². The van der Waals surface area contributed by atoms with Crippen LogP contribution in [0.3, 0.4) is 0 Å². The number of rotatable bonds is 13. The van der Waals surface area contributed by atoms with Crippen LogP contribution in [0.1, 0.15) is 35.6 Å². The third-order valence-corrected chi connectivity index (χ3v) is 6.68. The molecule has 1 N–H and O–H groups in total. The Balaban J connectivity index is 1.42. The molecule has 3 aromatic carbocycles. The number of amides is 2. The molecule has 1 aromatic heterocycles. The molecule has 198 valence electrons. The third kappa shape index (κ3) is 7.56. The Hall–Kier alpha value is -3.90. The monoisotopic (exact) mass is 511 g/mol. The molecule has 0 aliphatic rings. The molecule has 0 unspecified atom stereocenters. The largest absolute Gasteiger partial charge is 0.367 e. The molecule has 6 nitrogen and oxygen atoms in total. The van der Waals surface area contributed by atoms with Crippen molar-refractivity contribution in [1.82, 2.24) is 14.8 Å². The number of para-hydroxylation sites is 1. The van der Waals surface area contributed by atoms with E-state index in [0.717, 1.165) is 29.5 Å². The average Bonchev–Trinajstić information content (AvgIpc) is 3.35. The second kappa shape index (κ2) is 13.6. The molecule has 0 atom stereocenters. The quantitative estimate of drug-likeness (QED) is 0.258. The molecule has 2 amide bonds. The van der Waals surface area contributed by atoms with Crippen LogP contribution in [-0.2, 0) is 33.9 Å². The molecule has 0 bridgehead atoms. The number of carbonyl (C=O) groups excluding carboxylic acids is 2. The van der Waals surface area contributed by atoms with Crippen LogP contribution in [0.25, 0.3) is 10.9 Å². The molecule has 0 spiro atoms. The third-order valence-electron chi connectivity index (χ3n) is 6.68. The Morgan fingerprint density at radius 1 is 0.816 bits per heavy atom. The van der Waals surface area contributed by atoms with Crippen LogP contribution in [0.2, 0.25) is 0 Å². The van der Waals surface area contributed by atoms with Gasteiger partial charge in [0.1, 0.15) is 6.61 Å². The predicted molar refractivity (Wildman–Crippen MR) is 152 cm³/mol. The Morgan fingerprint density at radius 3 is 2.32 bits per heavy atom. The first-order valence-electron chi connectivity index (χ1n) is 13.3. The Kier molecular flexibility index (Phi) is 9.71. The van der Waals surface area contributed by atoms with E-state index in [2.05, 4.69) is 48.3 Å². The minimum atomic E-state index is -0.164. The van der Waals surface area contributed by atoms with Crippen LogP contribution in [0.15, 0.2) is 85.1 Å². The molecule has 4 rings (SSSR count). The van der Waals surface area contributed by atoms with Gasteiger partial charge in [0, 0.05) is 36.7 Å². The van der Waals surface area contributed by atoms with Gasteiger partial charge in [0.15, 0.2) is 0 Å². The molecule has 4 aromatic rings. The molecule has 0 fully saturated rings. The summed E-state index contributed by atoms with van der Waals surface area (Å²) in [6, 6.07) is 26.2. The van der Waals surface area contributed by atoms with Crippen molar-refractivity contribution in [3.8, 4) is 0 Å². The zero-order chi connectivity index (χ0) is 26.7. The van der Waals surface area contributed by atoms with Gasteiger partial charge in [-0.3, -0.25) is 9.59 Å². The highest BCUT2D eigenvalue weighted by molar-refractivity contribution is 5.86. The summed E-state index contributed by atoms with van der Waals surface area (Å²) in [7, 11) is 0. The Labute approximate surface area is 225 Å². The fourth-order valence-corrected chi connectivity index (χ4v) is 4.55. The summed E-state index contributed by atoms with van der Waals surface area (Å²) >= 11 is 0. The van der Waals surface area contributed by atoms with Crippen LogP contribution < -0.4 is 0 Å². The normalized spacial score (nSPS) is 11.0. The van der Waals surface area contributed by atoms with Crippen molar-refractivity contribution in [2.75, 3.05) is 26.2 Å². The zero-order valence-corrected chi connectivity index (χ0v) is 22.4. The molecule has 6 heteroatoms. The van der Waals surface area contributed by atoms with Crippen LogP contribution >= 0.6 is 0 Å². The van der Waals surface area contributed by atoms with Crippen molar-refractivity contribution in [3.63, 3.8) is 0 Å². The average molecular weight is 512 g/mol. The summed E-state index contributed by atoms with van der Waals surface area (Å²) in [6.45, 7) is 6.00. The fraction of sp³-hybridized carbons (Fsp3) is 0.312. The van der Waals surface area contributed by atoms with Crippen LogP contribution in [-0.4, -0.2) is 52.8 Å². The number of carbonyl (C=O) groups is 2. The minimum absolute atomic E-state index is 0.0428. The topological polar surface area (TPSA) is 65.6 Å². The lowest BCUT2D eigenvalue weighted by Crippen LogP contribution is -2.44. The van der Waals surface area contributed by atoms with Gasteiger partial charge in [-0.1, -0.05) is 85.3 Å². The number of aromatic nitrogens is 1. The summed E-state index contributed by atoms with van der Waals surface area (Å²) < 4.78 is 5.68. The van der Waals surface area contributed by atoms with Crippen LogP contribution in [0, 0.1) is 6.92 Å². The van der Waals surface area contributed by atoms with E-state index in [0.29, 0.717) is 26.2 Å². The maximum Gasteiger partial charge on any atom is 0.249 e. The molecule has 1 heterocycles. The number of aromatic amines is 1. The summed E-state index contributed by atoms with van der Waals surface area (Å²) in [5, 5.41) is 1.17. The number of nitrogens with zero attached hydrogens (tertiary/aromatic N) is 2. The van der Waals surface area contributed by atoms with E-state index in [1.807, 2.05) is 60.5 Å². The van der Waals surface area contributed by atoms with Crippen molar-refractivity contribution < 1.29 is 14.3 Å². The highest BCUT2D eigenvalue weighted by Crippen LogP contribution is 2.19. The van der Waals surface area contributed by atoms with Gasteiger partial charge >= 0.3 is 0 Å². The van der Waals surface area contributed by atoms with E-state index in [9.17, 15) is 9.59 Å². The zero-order valence-electron chi connectivity index (χ0n) is 22.4. The number of hydrogen-bond donors (Lipinski definition) is 1. The summed E-state index contributed by atoms with van der Waals surface area (Å²) in [6.07, 6.45) is 3.52. The second-order valence-electron chi connectivity index (χ2n) is 9.70. The molecule has 0 saturated heterocycles. The Morgan fingerprint density at radius 2 is 1.55 bits per heavy atom. The van der Waals surface area contributed by atoms with Gasteiger partial charge in [0.2, 0.25) is 11.8 Å². The van der Waals surface area contributed by atoms with Crippen LogP contribution in [0.5, 0.6) is 0 Å². The highest BCUT2D eigenvalue weighted by atomic mass is 16.5. The van der Waals surface area contributed by atoms with Gasteiger partial charge < -0.3 is 19.5 Å². The lowest BCUT2D eigenvalue weighted by Gasteiger charge is -2.28. The van der Waals surface area contributed by atoms with E-state index >= 15 is 0 Å². The number of nitrogens with one attached hydrogen (secondary N) is 1. The second-order valence-corrected chi connectivity index (χ2v) is 9.70. The minimum Gasteiger partial charge on any atom is -0.367 e. The maximum absolute atomic E-state index is 13.6. The van der Waals surface area contributed by atoms with Crippen molar-refractivity contribution in [2.45, 2.75) is 39.8 Å². The summed E-state index contributed by atoms with van der Waals surface area (Å²) in [4.78, 5) is 33.4. The summed E-state index contributed by atoms with van der Waals surface area (Å²) in [5.41, 5.74) is 5.54. The standard InChI is InChI=1S/C32H37N3O3/c1-3-18-34(32(37)24-38-23-27-9-5-4-6-10-27)22-31(36)35(21-26-15-13-25(2)14-16-26)19-17-28-20-33-30-12-8-7-11-29(28)30/h4-16,20,33H,3,17-19,21-24H2,1-2H3. The molecule has 0 radical (unpaired) electrons. The number of H-pyrrole nitrogens is 1. The molecule has 38 heavy (non-hydrogen) atoms. The smallest absolute Gasteiger partial charge is 0.249 e. The number of aryl methyl sites for hydroxylation is 1. The van der Waals surface area contributed by atoms with Crippen molar-refractivity contribution >= 4 is 22.7 Å². The number of benzene rings is 3. The first-order valence-corrected chi connectivity index (χ1v) is 13.3. The maximum atomic E-state index is 13.6. The van der Waals surface area contributed by atoms with E-state index in [-0.39, 0.29) is 25.0 Å². The Bertz CT molecular complexity index is 1310. The fourth-order valence-electron chi connectivity index (χ4n) is 4.55. The summed E-state index contributed by atoms with van der Waals surface area (Å²) in [5.74, 6) is -0.224. The molecular weight excluding hydrogens is 474 g/mol. The van der Waals surface area contributed by atoms with E-state index in [4.69, 9.17) is 4.74 Å². The lowest BCUT2D eigenvalue weighted by atomic mass is 10.1. The number of fused-ring (bicyclic) bond motifs is 1. The van der Waals surface area contributed by atoms with Crippen molar-refractivity contribution in [2.24, 2.45) is 0 Å². The molecular formula is C32H37N3O3. The van der Waals surface area contributed by atoms with Gasteiger partial charge in [-0.25, -0.2) is 0 Å². The van der Waals surface area contributed by atoms with Gasteiger partial charge in [0.25, 0.3) is 0 Å². The lowest BCUT2D eigenvalue weighted by molar-refractivity contribution is -0.143. The van der Waals surface area contributed by atoms with Gasteiger partial charge in [-0.2, -0.15) is 0 Å². The molecule has 0 saturated carbocycles. The SMILES string of the molecule is CCCN(CC(=O)N(CCc1c[nH]c2ccccc12)Cc1ccc(C)cc1)C(=O)COCc1ccccc1. The first kappa shape index (κ1) is 27.1. The number of ether oxygens (including phenoxy) is 1. The van der Waals surface area contributed by atoms with E-state index in [1.54, 1.807) is 4.90 Å². The first-order chi connectivity index (χ1) is 18.5. The highest BCUT2D eigenvalue weighted by Gasteiger charge is 2.22. The van der Waals surface area contributed by atoms with Crippen LogP contribution in [0.4, 0.5) is 0 Å². The van der Waals surface area contributed by atoms with Gasteiger partial charge in [0.05, 0.1) is 13.2 Å². The van der Waals surface area contributed by atoms with Crippen molar-refractivity contribution in [1.29, 1.82) is 0 Å². The van der Waals surface area contributed by atoms with Gasteiger partial charge in [-0.15, -0.1) is 0 Å².